The maximum Gasteiger partial charge on any atom is 0.417 e. The van der Waals surface area contributed by atoms with Gasteiger partial charge >= 0.3 is 6.18 Å². The summed E-state index contributed by atoms with van der Waals surface area (Å²) in [6, 6.07) is 10.9. The Morgan fingerprint density at radius 1 is 1.12 bits per heavy atom. The third-order valence-corrected chi connectivity index (χ3v) is 6.58. The van der Waals surface area contributed by atoms with Gasteiger partial charge in [-0.05, 0) is 31.0 Å². The zero-order valence-corrected chi connectivity index (χ0v) is 21.6. The normalized spacial score (nSPS) is 16.6. The molecule has 212 valence electrons. The Hall–Kier alpha value is -4.65. The van der Waals surface area contributed by atoms with Crippen molar-refractivity contribution in [3.8, 4) is 22.5 Å². The van der Waals surface area contributed by atoms with Gasteiger partial charge in [0.25, 0.3) is 5.91 Å². The SMILES string of the molecule is Cn1ccc(-c2cc(C(=O)Nc3cnc(CC(=O)NC4CC(O)C4)nc3-c3ccccc3)c(F)cc2C(F)(F)F)n1. The first kappa shape index (κ1) is 27.9. The summed E-state index contributed by atoms with van der Waals surface area (Å²) in [4.78, 5) is 34.3. The van der Waals surface area contributed by atoms with Gasteiger partial charge in [-0.3, -0.25) is 14.3 Å². The summed E-state index contributed by atoms with van der Waals surface area (Å²) in [5.41, 5.74) is -1.59. The van der Waals surface area contributed by atoms with Crippen molar-refractivity contribution in [3.05, 3.63) is 83.7 Å². The minimum Gasteiger partial charge on any atom is -0.393 e. The van der Waals surface area contributed by atoms with E-state index in [4.69, 9.17) is 0 Å². The van der Waals surface area contributed by atoms with Crippen molar-refractivity contribution >= 4 is 17.5 Å². The molecule has 1 fully saturated rings. The van der Waals surface area contributed by atoms with E-state index in [1.807, 2.05) is 0 Å². The van der Waals surface area contributed by atoms with Crippen molar-refractivity contribution in [2.75, 3.05) is 5.32 Å². The molecule has 13 heteroatoms. The third kappa shape index (κ3) is 6.24. The molecule has 9 nitrogen and oxygen atoms in total. The predicted octanol–water partition coefficient (Wildman–Crippen LogP) is 4.14. The van der Waals surface area contributed by atoms with Crippen molar-refractivity contribution < 1.29 is 32.3 Å². The molecule has 0 aliphatic heterocycles. The molecule has 4 aromatic rings. The number of aryl methyl sites for hydroxylation is 1. The molecule has 2 amide bonds. The van der Waals surface area contributed by atoms with Crippen LogP contribution in [0.4, 0.5) is 23.2 Å². The maximum atomic E-state index is 15.0. The number of amides is 2. The first-order valence-corrected chi connectivity index (χ1v) is 12.6. The molecule has 1 aliphatic rings. The molecule has 0 radical (unpaired) electrons. The minimum atomic E-state index is -4.89. The van der Waals surface area contributed by atoms with Crippen LogP contribution in [0.25, 0.3) is 22.5 Å². The third-order valence-electron chi connectivity index (χ3n) is 6.58. The number of aliphatic hydroxyl groups excluding tert-OH is 1. The Morgan fingerprint density at radius 2 is 1.85 bits per heavy atom. The average molecular weight is 569 g/mol. The molecule has 2 heterocycles. The number of nitrogens with one attached hydrogen (secondary N) is 2. The van der Waals surface area contributed by atoms with Gasteiger partial charge in [0.15, 0.2) is 0 Å². The minimum absolute atomic E-state index is 0.0613. The number of carbonyl (C=O) groups excluding carboxylic acids is 2. The smallest absolute Gasteiger partial charge is 0.393 e. The summed E-state index contributed by atoms with van der Waals surface area (Å²) in [5.74, 6) is -2.58. The van der Waals surface area contributed by atoms with E-state index >= 15 is 0 Å². The van der Waals surface area contributed by atoms with Crippen LogP contribution in [0.15, 0.2) is 60.9 Å². The fraction of sp³-hybridized carbons (Fsp3) is 0.250. The van der Waals surface area contributed by atoms with E-state index in [2.05, 4.69) is 25.7 Å². The molecule has 1 saturated carbocycles. The topological polar surface area (TPSA) is 122 Å². The van der Waals surface area contributed by atoms with Gasteiger partial charge in [-0.1, -0.05) is 30.3 Å². The van der Waals surface area contributed by atoms with E-state index in [0.29, 0.717) is 18.4 Å². The first-order valence-electron chi connectivity index (χ1n) is 12.6. The molecule has 0 saturated heterocycles. The number of halogens is 4. The number of alkyl halides is 3. The average Bonchev–Trinajstić information content (AvgIpc) is 3.34. The van der Waals surface area contributed by atoms with Crippen LogP contribution in [0.5, 0.6) is 0 Å². The van der Waals surface area contributed by atoms with Crippen LogP contribution >= 0.6 is 0 Å². The van der Waals surface area contributed by atoms with Crippen LogP contribution in [-0.4, -0.2) is 48.8 Å². The second-order valence-corrected chi connectivity index (χ2v) is 9.69. The monoisotopic (exact) mass is 568 g/mol. The highest BCUT2D eigenvalue weighted by atomic mass is 19.4. The Kier molecular flexibility index (Phi) is 7.54. The molecular weight excluding hydrogens is 544 g/mol. The van der Waals surface area contributed by atoms with Crippen molar-refractivity contribution in [1.82, 2.24) is 25.1 Å². The number of carbonyl (C=O) groups is 2. The summed E-state index contributed by atoms with van der Waals surface area (Å²) in [7, 11) is 1.52. The molecule has 0 atom stereocenters. The van der Waals surface area contributed by atoms with Crippen molar-refractivity contribution in [2.45, 2.75) is 37.6 Å². The second-order valence-electron chi connectivity index (χ2n) is 9.69. The molecule has 41 heavy (non-hydrogen) atoms. The van der Waals surface area contributed by atoms with Crippen LogP contribution < -0.4 is 10.6 Å². The number of rotatable bonds is 7. The summed E-state index contributed by atoms with van der Waals surface area (Å²) in [6.45, 7) is 0. The first-order chi connectivity index (χ1) is 19.5. The van der Waals surface area contributed by atoms with Gasteiger partial charge < -0.3 is 15.7 Å². The lowest BCUT2D eigenvalue weighted by Gasteiger charge is -2.31. The fourth-order valence-electron chi connectivity index (χ4n) is 4.48. The summed E-state index contributed by atoms with van der Waals surface area (Å²) < 4.78 is 57.4. The quantitative estimate of drug-likeness (QED) is 0.288. The van der Waals surface area contributed by atoms with Gasteiger partial charge in [0.05, 0.1) is 46.9 Å². The Balaban J connectivity index is 1.46. The lowest BCUT2D eigenvalue weighted by molar-refractivity contribution is -0.137. The lowest BCUT2D eigenvalue weighted by atomic mass is 9.89. The van der Waals surface area contributed by atoms with Crippen LogP contribution in [-0.2, 0) is 24.4 Å². The Morgan fingerprint density at radius 3 is 2.49 bits per heavy atom. The van der Waals surface area contributed by atoms with Crippen LogP contribution in [0.2, 0.25) is 0 Å². The van der Waals surface area contributed by atoms with E-state index in [1.54, 1.807) is 30.3 Å². The van der Waals surface area contributed by atoms with Crippen molar-refractivity contribution in [2.24, 2.45) is 7.05 Å². The number of anilines is 1. The Labute approximate surface area is 231 Å². The lowest BCUT2D eigenvalue weighted by Crippen LogP contribution is -2.47. The molecule has 3 N–H and O–H groups in total. The van der Waals surface area contributed by atoms with E-state index < -0.39 is 40.7 Å². The maximum absolute atomic E-state index is 15.0. The number of aliphatic hydroxyl groups is 1. The number of aromatic nitrogens is 4. The van der Waals surface area contributed by atoms with Gasteiger partial charge in [-0.2, -0.15) is 18.3 Å². The highest BCUT2D eigenvalue weighted by Crippen LogP contribution is 2.38. The van der Waals surface area contributed by atoms with Crippen LogP contribution in [0, 0.1) is 5.82 Å². The van der Waals surface area contributed by atoms with E-state index in [0.717, 1.165) is 6.07 Å². The van der Waals surface area contributed by atoms with Gasteiger partial charge in [-0.25, -0.2) is 14.4 Å². The largest absolute Gasteiger partial charge is 0.417 e. The molecule has 5 rings (SSSR count). The molecule has 1 aliphatic carbocycles. The summed E-state index contributed by atoms with van der Waals surface area (Å²) >= 11 is 0. The van der Waals surface area contributed by atoms with Crippen molar-refractivity contribution in [3.63, 3.8) is 0 Å². The Bertz CT molecular complexity index is 1600. The highest BCUT2D eigenvalue weighted by molar-refractivity contribution is 6.06. The molecular formula is C28H24F4N6O3. The standard InChI is InChI=1S/C28H24F4N6O3/c1-38-8-7-22(37-38)18-11-19(21(29)12-20(18)28(30,31)32)27(41)35-23-14-33-24(13-25(40)34-16-9-17(39)10-16)36-26(23)15-5-3-2-4-6-15/h2-8,11-12,14,16-17,39H,9-10,13H2,1H3,(H,34,40)(H,35,41). The summed E-state index contributed by atoms with van der Waals surface area (Å²) in [5, 5.41) is 18.7. The van der Waals surface area contributed by atoms with Gasteiger partial charge in [0, 0.05) is 30.4 Å². The van der Waals surface area contributed by atoms with Crippen LogP contribution in [0.3, 0.4) is 0 Å². The molecule has 0 unspecified atom stereocenters. The number of hydrogen-bond acceptors (Lipinski definition) is 6. The molecule has 2 aromatic heterocycles. The second kappa shape index (κ2) is 11.1. The van der Waals surface area contributed by atoms with Gasteiger partial charge in [0.1, 0.15) is 11.6 Å². The van der Waals surface area contributed by atoms with Crippen molar-refractivity contribution in [1.29, 1.82) is 0 Å². The van der Waals surface area contributed by atoms with Crippen LogP contribution in [0.1, 0.15) is 34.6 Å². The summed E-state index contributed by atoms with van der Waals surface area (Å²) in [6.07, 6.45) is -1.87. The zero-order valence-electron chi connectivity index (χ0n) is 21.6. The van der Waals surface area contributed by atoms with E-state index in [-0.39, 0.29) is 47.3 Å². The molecule has 0 bridgehead atoms. The van der Waals surface area contributed by atoms with E-state index in [9.17, 15) is 32.3 Å². The molecule has 2 aromatic carbocycles. The predicted molar refractivity (Wildman–Crippen MR) is 140 cm³/mol. The zero-order chi connectivity index (χ0) is 29.3. The number of nitrogens with zero attached hydrogens (tertiary/aromatic N) is 4. The van der Waals surface area contributed by atoms with Gasteiger partial charge in [-0.15, -0.1) is 0 Å². The fourth-order valence-corrected chi connectivity index (χ4v) is 4.48. The van der Waals surface area contributed by atoms with E-state index in [1.165, 1.54) is 30.2 Å². The van der Waals surface area contributed by atoms with Gasteiger partial charge in [0.2, 0.25) is 5.91 Å². The number of hydrogen-bond donors (Lipinski definition) is 3. The number of benzene rings is 2. The highest BCUT2D eigenvalue weighted by Gasteiger charge is 2.36. The molecule has 0 spiro atoms.